The highest BCUT2D eigenvalue weighted by Crippen LogP contribution is 2.35. The highest BCUT2D eigenvalue weighted by atomic mass is 32.2. The Kier molecular flexibility index (Phi) is 6.14. The highest BCUT2D eigenvalue weighted by Gasteiger charge is 2.33. The largest absolute Gasteiger partial charge is 0.351 e. The standard InChI is InChI=1S/C29H24N4O2S2/c1-19-9-11-20(12-10-19)17-33-28(35)24(37-29(33)36)16-23-26(30-25-8-4-5-14-32(25)27(23)34)31-15-13-21-6-2-3-7-22(21)18-31/h2-12,14,16H,13,15,17-18H2,1H3/b24-16+. The molecule has 4 heterocycles. The van der Waals surface area contributed by atoms with Crippen LogP contribution in [0.3, 0.4) is 0 Å². The summed E-state index contributed by atoms with van der Waals surface area (Å²) in [4.78, 5) is 36.2. The van der Waals surface area contributed by atoms with Gasteiger partial charge in [-0.1, -0.05) is 84.1 Å². The van der Waals surface area contributed by atoms with Crippen molar-refractivity contribution >= 4 is 51.7 Å². The van der Waals surface area contributed by atoms with Crippen molar-refractivity contribution in [2.45, 2.75) is 26.4 Å². The third-order valence-corrected chi connectivity index (χ3v) is 8.17. The van der Waals surface area contributed by atoms with E-state index in [-0.39, 0.29) is 11.5 Å². The minimum absolute atomic E-state index is 0.192. The van der Waals surface area contributed by atoms with E-state index >= 15 is 0 Å². The Labute approximate surface area is 224 Å². The summed E-state index contributed by atoms with van der Waals surface area (Å²) >= 11 is 6.80. The van der Waals surface area contributed by atoms with Gasteiger partial charge in [-0.05, 0) is 48.2 Å². The number of rotatable bonds is 4. The van der Waals surface area contributed by atoms with Crippen LogP contribution >= 0.6 is 24.0 Å². The Morgan fingerprint density at radius 3 is 2.57 bits per heavy atom. The molecule has 4 aromatic rings. The molecule has 2 aliphatic heterocycles. The van der Waals surface area contributed by atoms with Gasteiger partial charge in [0, 0.05) is 19.3 Å². The Morgan fingerprint density at radius 2 is 1.76 bits per heavy atom. The first kappa shape index (κ1) is 23.6. The monoisotopic (exact) mass is 524 g/mol. The molecule has 0 atom stereocenters. The van der Waals surface area contributed by atoms with Crippen LogP contribution in [0, 0.1) is 6.92 Å². The van der Waals surface area contributed by atoms with Crippen molar-refractivity contribution < 1.29 is 4.79 Å². The summed E-state index contributed by atoms with van der Waals surface area (Å²) in [7, 11) is 0. The molecular formula is C29H24N4O2S2. The summed E-state index contributed by atoms with van der Waals surface area (Å²) in [6.45, 7) is 3.82. The molecule has 1 fully saturated rings. The number of thioether (sulfide) groups is 1. The predicted octanol–water partition coefficient (Wildman–Crippen LogP) is 4.97. The number of aryl methyl sites for hydroxylation is 1. The Hall–Kier alpha value is -3.75. The molecule has 6 nitrogen and oxygen atoms in total. The number of hydrogen-bond acceptors (Lipinski definition) is 6. The fraction of sp³-hybridized carbons (Fsp3) is 0.172. The summed E-state index contributed by atoms with van der Waals surface area (Å²) in [6, 6.07) is 21.9. The third kappa shape index (κ3) is 4.47. The van der Waals surface area contributed by atoms with Gasteiger partial charge >= 0.3 is 0 Å². The van der Waals surface area contributed by atoms with Gasteiger partial charge in [-0.25, -0.2) is 4.98 Å². The van der Waals surface area contributed by atoms with Crippen LogP contribution < -0.4 is 10.5 Å². The zero-order valence-corrected chi connectivity index (χ0v) is 21.9. The second-order valence-corrected chi connectivity index (χ2v) is 11.0. The predicted molar refractivity (Wildman–Crippen MR) is 153 cm³/mol. The van der Waals surface area contributed by atoms with Crippen LogP contribution in [0.1, 0.15) is 27.8 Å². The first-order valence-electron chi connectivity index (χ1n) is 12.1. The molecule has 0 aliphatic carbocycles. The van der Waals surface area contributed by atoms with E-state index in [0.717, 1.165) is 24.1 Å². The SMILES string of the molecule is Cc1ccc(CN2C(=O)/C(=C\c3c(N4CCc5ccccc5C4)nc4ccccn4c3=O)SC2=S)cc1. The van der Waals surface area contributed by atoms with Gasteiger partial charge in [0.15, 0.2) is 0 Å². The fourth-order valence-corrected chi connectivity index (χ4v) is 6.02. The Morgan fingerprint density at radius 1 is 1.00 bits per heavy atom. The van der Waals surface area contributed by atoms with E-state index in [2.05, 4.69) is 23.1 Å². The number of carbonyl (C=O) groups is 1. The van der Waals surface area contributed by atoms with Gasteiger partial charge in [0.2, 0.25) is 0 Å². The molecule has 2 aromatic heterocycles. The smallest absolute Gasteiger partial charge is 0.267 e. The van der Waals surface area contributed by atoms with E-state index < -0.39 is 0 Å². The number of amides is 1. The molecule has 0 bridgehead atoms. The van der Waals surface area contributed by atoms with E-state index in [1.165, 1.54) is 27.3 Å². The van der Waals surface area contributed by atoms with Gasteiger partial charge in [0.1, 0.15) is 15.8 Å². The van der Waals surface area contributed by atoms with Crippen LogP contribution in [-0.4, -0.2) is 31.1 Å². The van der Waals surface area contributed by atoms with Crippen molar-refractivity contribution in [1.82, 2.24) is 14.3 Å². The molecule has 6 rings (SSSR count). The lowest BCUT2D eigenvalue weighted by Crippen LogP contribution is -2.34. The first-order valence-corrected chi connectivity index (χ1v) is 13.3. The Balaban J connectivity index is 1.40. The molecule has 37 heavy (non-hydrogen) atoms. The van der Waals surface area contributed by atoms with Crippen LogP contribution in [0.15, 0.2) is 82.6 Å². The molecule has 8 heteroatoms. The number of thiocarbonyl (C=S) groups is 1. The number of pyridine rings is 1. The topological polar surface area (TPSA) is 57.9 Å². The molecule has 184 valence electrons. The van der Waals surface area contributed by atoms with Crippen LogP contribution in [0.4, 0.5) is 5.82 Å². The first-order chi connectivity index (χ1) is 18.0. The molecule has 0 unspecified atom stereocenters. The lowest BCUT2D eigenvalue weighted by molar-refractivity contribution is -0.122. The summed E-state index contributed by atoms with van der Waals surface area (Å²) in [5, 5.41) is 0. The average molecular weight is 525 g/mol. The molecule has 0 N–H and O–H groups in total. The van der Waals surface area contributed by atoms with Crippen LogP contribution in [-0.2, 0) is 24.3 Å². The molecule has 0 radical (unpaired) electrons. The van der Waals surface area contributed by atoms with Crippen LogP contribution in [0.5, 0.6) is 0 Å². The molecule has 1 amide bonds. The van der Waals surface area contributed by atoms with Gasteiger partial charge in [-0.3, -0.25) is 18.9 Å². The van der Waals surface area contributed by atoms with E-state index in [0.29, 0.717) is 39.3 Å². The summed E-state index contributed by atoms with van der Waals surface area (Å²) < 4.78 is 2.01. The normalized spacial score (nSPS) is 16.6. The number of benzene rings is 2. The molecule has 0 spiro atoms. The highest BCUT2D eigenvalue weighted by molar-refractivity contribution is 8.26. The minimum atomic E-state index is -0.205. The molecule has 1 saturated heterocycles. The van der Waals surface area contributed by atoms with Crippen molar-refractivity contribution in [3.05, 3.63) is 116 Å². The van der Waals surface area contributed by atoms with Crippen molar-refractivity contribution in [2.75, 3.05) is 11.4 Å². The van der Waals surface area contributed by atoms with E-state index in [9.17, 15) is 9.59 Å². The second kappa shape index (κ2) is 9.61. The number of anilines is 1. The second-order valence-electron chi connectivity index (χ2n) is 9.28. The van der Waals surface area contributed by atoms with E-state index in [1.54, 1.807) is 23.2 Å². The number of fused-ring (bicyclic) bond motifs is 2. The number of carbonyl (C=O) groups excluding carboxylic acids is 1. The average Bonchev–Trinajstić information content (AvgIpc) is 3.18. The fourth-order valence-electron chi connectivity index (χ4n) is 4.78. The lowest BCUT2D eigenvalue weighted by Gasteiger charge is -2.30. The molecular weight excluding hydrogens is 500 g/mol. The summed E-state index contributed by atoms with van der Waals surface area (Å²) in [6.07, 6.45) is 4.25. The maximum atomic E-state index is 13.7. The van der Waals surface area contributed by atoms with Crippen molar-refractivity contribution in [3.8, 4) is 0 Å². The maximum absolute atomic E-state index is 13.7. The Bertz CT molecular complexity index is 1640. The molecule has 2 aromatic carbocycles. The van der Waals surface area contributed by atoms with Gasteiger partial charge in [0.25, 0.3) is 11.5 Å². The third-order valence-electron chi connectivity index (χ3n) is 6.79. The van der Waals surface area contributed by atoms with Crippen LogP contribution in [0.25, 0.3) is 11.7 Å². The maximum Gasteiger partial charge on any atom is 0.267 e. The van der Waals surface area contributed by atoms with Crippen LogP contribution in [0.2, 0.25) is 0 Å². The number of aromatic nitrogens is 2. The molecule has 2 aliphatic rings. The number of nitrogens with zero attached hydrogens (tertiary/aromatic N) is 4. The van der Waals surface area contributed by atoms with Gasteiger partial charge < -0.3 is 4.90 Å². The van der Waals surface area contributed by atoms with E-state index in [1.807, 2.05) is 49.4 Å². The zero-order valence-electron chi connectivity index (χ0n) is 20.3. The molecule has 0 saturated carbocycles. The van der Waals surface area contributed by atoms with E-state index in [4.69, 9.17) is 17.2 Å². The lowest BCUT2D eigenvalue weighted by atomic mass is 9.99. The van der Waals surface area contributed by atoms with Crippen molar-refractivity contribution in [3.63, 3.8) is 0 Å². The summed E-state index contributed by atoms with van der Waals surface area (Å²) in [5.74, 6) is 0.401. The number of hydrogen-bond donors (Lipinski definition) is 0. The van der Waals surface area contributed by atoms with Gasteiger partial charge in [0.05, 0.1) is 17.0 Å². The van der Waals surface area contributed by atoms with Crippen molar-refractivity contribution in [2.24, 2.45) is 0 Å². The van der Waals surface area contributed by atoms with Gasteiger partial charge in [-0.2, -0.15) is 0 Å². The quantitative estimate of drug-likeness (QED) is 0.278. The minimum Gasteiger partial charge on any atom is -0.351 e. The summed E-state index contributed by atoms with van der Waals surface area (Å²) in [5.41, 5.74) is 5.47. The van der Waals surface area contributed by atoms with Crippen molar-refractivity contribution in [1.29, 1.82) is 0 Å². The van der Waals surface area contributed by atoms with Gasteiger partial charge in [-0.15, -0.1) is 0 Å². The zero-order chi connectivity index (χ0) is 25.5.